The zero-order valence-corrected chi connectivity index (χ0v) is 17.8. The smallest absolute Gasteiger partial charge is 0.259 e. The standard InChI is InChI=1S/C24H30N4O2/c1-3-30-21-10-8-19(9-11-21)6-7-20-12-16-28(17-13-20)24(29)22-18-25-26(2)23(22)27-14-4-5-15-27/h4-5,8-11,14-15,18,20H,3,6-7,12-13,16-17H2,1-2H3. The van der Waals surface area contributed by atoms with E-state index in [9.17, 15) is 4.79 Å². The molecular formula is C24H30N4O2. The summed E-state index contributed by atoms with van der Waals surface area (Å²) in [5, 5.41) is 4.32. The molecule has 3 heterocycles. The summed E-state index contributed by atoms with van der Waals surface area (Å²) in [7, 11) is 1.87. The fraction of sp³-hybridized carbons (Fsp3) is 0.417. The second-order valence-electron chi connectivity index (χ2n) is 7.95. The van der Waals surface area contributed by atoms with Gasteiger partial charge in [-0.3, -0.25) is 9.48 Å². The molecule has 1 aliphatic heterocycles. The molecule has 0 N–H and O–H groups in total. The number of hydrogen-bond acceptors (Lipinski definition) is 3. The van der Waals surface area contributed by atoms with Gasteiger partial charge in [0.1, 0.15) is 17.1 Å². The van der Waals surface area contributed by atoms with Crippen molar-refractivity contribution in [1.82, 2.24) is 19.2 Å². The van der Waals surface area contributed by atoms with E-state index in [0.717, 1.165) is 50.3 Å². The topological polar surface area (TPSA) is 52.3 Å². The molecule has 4 rings (SSSR count). The second-order valence-corrected chi connectivity index (χ2v) is 7.95. The maximum atomic E-state index is 13.1. The van der Waals surface area contributed by atoms with Gasteiger partial charge < -0.3 is 14.2 Å². The Morgan fingerprint density at radius 3 is 2.50 bits per heavy atom. The molecule has 6 heteroatoms. The van der Waals surface area contributed by atoms with Gasteiger partial charge >= 0.3 is 0 Å². The summed E-state index contributed by atoms with van der Waals surface area (Å²) in [4.78, 5) is 15.1. The average Bonchev–Trinajstić information content (AvgIpc) is 3.43. The summed E-state index contributed by atoms with van der Waals surface area (Å²) >= 11 is 0. The van der Waals surface area contributed by atoms with Crippen LogP contribution in [0.1, 0.15) is 42.1 Å². The van der Waals surface area contributed by atoms with Gasteiger partial charge in [-0.25, -0.2) is 0 Å². The van der Waals surface area contributed by atoms with Crippen LogP contribution in [0.2, 0.25) is 0 Å². The number of amides is 1. The summed E-state index contributed by atoms with van der Waals surface area (Å²) in [6.45, 7) is 4.32. The number of carbonyl (C=O) groups is 1. The zero-order chi connectivity index (χ0) is 20.9. The summed E-state index contributed by atoms with van der Waals surface area (Å²) in [5.41, 5.74) is 2.02. The predicted octanol–water partition coefficient (Wildman–Crippen LogP) is 4.09. The molecule has 0 spiro atoms. The van der Waals surface area contributed by atoms with Gasteiger partial charge in [-0.15, -0.1) is 0 Å². The molecule has 0 atom stereocenters. The Balaban J connectivity index is 1.31. The molecule has 1 fully saturated rings. The van der Waals surface area contributed by atoms with Crippen LogP contribution in [-0.2, 0) is 13.5 Å². The van der Waals surface area contributed by atoms with E-state index < -0.39 is 0 Å². The second kappa shape index (κ2) is 9.20. The Morgan fingerprint density at radius 2 is 1.83 bits per heavy atom. The van der Waals surface area contributed by atoms with E-state index in [-0.39, 0.29) is 5.91 Å². The first-order valence-electron chi connectivity index (χ1n) is 10.8. The fourth-order valence-corrected chi connectivity index (χ4v) is 4.25. The molecule has 0 aliphatic carbocycles. The van der Waals surface area contributed by atoms with Crippen molar-refractivity contribution in [2.24, 2.45) is 13.0 Å². The van der Waals surface area contributed by atoms with E-state index in [1.807, 2.05) is 48.0 Å². The SMILES string of the molecule is CCOc1ccc(CCC2CCN(C(=O)c3cnn(C)c3-n3cccc3)CC2)cc1. The maximum absolute atomic E-state index is 13.1. The Bertz CT molecular complexity index is 952. The number of benzene rings is 1. The molecule has 1 amide bonds. The first kappa shape index (κ1) is 20.3. The lowest BCUT2D eigenvalue weighted by Crippen LogP contribution is -2.38. The molecule has 3 aromatic rings. The highest BCUT2D eigenvalue weighted by atomic mass is 16.5. The van der Waals surface area contributed by atoms with Crippen molar-refractivity contribution in [2.45, 2.75) is 32.6 Å². The van der Waals surface area contributed by atoms with Crippen molar-refractivity contribution in [3.63, 3.8) is 0 Å². The zero-order valence-electron chi connectivity index (χ0n) is 17.8. The van der Waals surface area contributed by atoms with Gasteiger partial charge in [0.25, 0.3) is 5.91 Å². The largest absolute Gasteiger partial charge is 0.494 e. The minimum Gasteiger partial charge on any atom is -0.494 e. The van der Waals surface area contributed by atoms with Gasteiger partial charge in [-0.1, -0.05) is 12.1 Å². The highest BCUT2D eigenvalue weighted by Gasteiger charge is 2.27. The van der Waals surface area contributed by atoms with E-state index in [1.165, 1.54) is 5.56 Å². The molecule has 0 bridgehead atoms. The monoisotopic (exact) mass is 406 g/mol. The minimum atomic E-state index is 0.0803. The lowest BCUT2D eigenvalue weighted by Gasteiger charge is -2.32. The van der Waals surface area contributed by atoms with Crippen LogP contribution < -0.4 is 4.74 Å². The molecule has 1 saturated heterocycles. The number of hydrogen-bond donors (Lipinski definition) is 0. The number of likely N-dealkylation sites (tertiary alicyclic amines) is 1. The molecule has 30 heavy (non-hydrogen) atoms. The van der Waals surface area contributed by atoms with E-state index in [4.69, 9.17) is 4.74 Å². The van der Waals surface area contributed by atoms with E-state index >= 15 is 0 Å². The summed E-state index contributed by atoms with van der Waals surface area (Å²) in [5.74, 6) is 2.50. The van der Waals surface area contributed by atoms with Crippen LogP contribution in [0.4, 0.5) is 0 Å². The molecular weight excluding hydrogens is 376 g/mol. The first-order valence-corrected chi connectivity index (χ1v) is 10.8. The Hall–Kier alpha value is -3.02. The average molecular weight is 407 g/mol. The van der Waals surface area contributed by atoms with Crippen LogP contribution in [0.15, 0.2) is 55.0 Å². The Labute approximate surface area is 178 Å². The van der Waals surface area contributed by atoms with Crippen molar-refractivity contribution in [3.05, 3.63) is 66.1 Å². The van der Waals surface area contributed by atoms with Crippen LogP contribution in [0, 0.1) is 5.92 Å². The molecule has 0 radical (unpaired) electrons. The van der Waals surface area contributed by atoms with Crippen LogP contribution in [-0.4, -0.2) is 44.9 Å². The lowest BCUT2D eigenvalue weighted by molar-refractivity contribution is 0.0687. The van der Waals surface area contributed by atoms with Gasteiger partial charge in [0.05, 0.1) is 12.8 Å². The van der Waals surface area contributed by atoms with E-state index in [0.29, 0.717) is 18.1 Å². The number of rotatable bonds is 7. The highest BCUT2D eigenvalue weighted by molar-refractivity contribution is 5.97. The molecule has 0 saturated carbocycles. The van der Waals surface area contributed by atoms with E-state index in [2.05, 4.69) is 29.4 Å². The fourth-order valence-electron chi connectivity index (χ4n) is 4.25. The number of aryl methyl sites for hydroxylation is 2. The number of piperidine rings is 1. The van der Waals surface area contributed by atoms with Crippen molar-refractivity contribution < 1.29 is 9.53 Å². The Kier molecular flexibility index (Phi) is 6.21. The van der Waals surface area contributed by atoms with Crippen molar-refractivity contribution in [1.29, 1.82) is 0 Å². The summed E-state index contributed by atoms with van der Waals surface area (Å²) < 4.78 is 9.22. The molecule has 1 aliphatic rings. The van der Waals surface area contributed by atoms with E-state index in [1.54, 1.807) is 10.9 Å². The Morgan fingerprint density at radius 1 is 1.13 bits per heavy atom. The molecule has 2 aromatic heterocycles. The number of carbonyl (C=O) groups excluding carboxylic acids is 1. The number of nitrogens with zero attached hydrogens (tertiary/aromatic N) is 4. The quantitative estimate of drug-likeness (QED) is 0.594. The third-order valence-corrected chi connectivity index (χ3v) is 5.96. The number of ether oxygens (including phenoxy) is 1. The van der Waals surface area contributed by atoms with Gasteiger partial charge in [0.15, 0.2) is 0 Å². The predicted molar refractivity (Wildman–Crippen MR) is 117 cm³/mol. The summed E-state index contributed by atoms with van der Waals surface area (Å²) in [6.07, 6.45) is 9.93. The van der Waals surface area contributed by atoms with Crippen LogP contribution in [0.25, 0.3) is 5.82 Å². The van der Waals surface area contributed by atoms with Gasteiger partial charge in [0.2, 0.25) is 0 Å². The maximum Gasteiger partial charge on any atom is 0.259 e. The number of aromatic nitrogens is 3. The molecule has 0 unspecified atom stereocenters. The van der Waals surface area contributed by atoms with Crippen molar-refractivity contribution in [3.8, 4) is 11.6 Å². The van der Waals surface area contributed by atoms with Gasteiger partial charge in [-0.2, -0.15) is 5.10 Å². The van der Waals surface area contributed by atoms with Crippen LogP contribution in [0.3, 0.4) is 0 Å². The van der Waals surface area contributed by atoms with Gasteiger partial charge in [0, 0.05) is 32.5 Å². The third kappa shape index (κ3) is 4.42. The normalized spacial score (nSPS) is 14.8. The molecule has 6 nitrogen and oxygen atoms in total. The van der Waals surface area contributed by atoms with Crippen LogP contribution >= 0.6 is 0 Å². The summed E-state index contributed by atoms with van der Waals surface area (Å²) in [6, 6.07) is 12.3. The first-order chi connectivity index (χ1) is 14.7. The van der Waals surface area contributed by atoms with Crippen molar-refractivity contribution in [2.75, 3.05) is 19.7 Å². The highest BCUT2D eigenvalue weighted by Crippen LogP contribution is 2.25. The van der Waals surface area contributed by atoms with Crippen LogP contribution in [0.5, 0.6) is 5.75 Å². The molecule has 1 aromatic carbocycles. The van der Waals surface area contributed by atoms with Gasteiger partial charge in [-0.05, 0) is 68.4 Å². The minimum absolute atomic E-state index is 0.0803. The van der Waals surface area contributed by atoms with Crippen molar-refractivity contribution >= 4 is 5.91 Å². The third-order valence-electron chi connectivity index (χ3n) is 5.96. The molecule has 158 valence electrons. The lowest BCUT2D eigenvalue weighted by atomic mass is 9.90.